The molecule has 12 rings (SSSR count). The molecule has 0 unspecified atom stereocenters. The van der Waals surface area contributed by atoms with E-state index in [4.69, 9.17) is 15.0 Å². The van der Waals surface area contributed by atoms with E-state index in [1.807, 2.05) is 94.7 Å². The summed E-state index contributed by atoms with van der Waals surface area (Å²) in [5, 5.41) is 7.78. The van der Waals surface area contributed by atoms with Gasteiger partial charge in [0.2, 0.25) is 0 Å². The molecule has 4 heterocycles. The second-order valence-corrected chi connectivity index (χ2v) is 17.6. The molecule has 8 aromatic carbocycles. The third-order valence-corrected chi connectivity index (χ3v) is 14.4. The van der Waals surface area contributed by atoms with Gasteiger partial charge in [0.1, 0.15) is 0 Å². The Hall–Kier alpha value is -6.57. The quantitative estimate of drug-likeness (QED) is 0.175. The topological polar surface area (TPSA) is 38.7 Å². The van der Waals surface area contributed by atoms with Crippen LogP contribution < -0.4 is 0 Å². The molecule has 266 valence electrons. The van der Waals surface area contributed by atoms with Crippen molar-refractivity contribution in [2.45, 2.75) is 0 Å². The van der Waals surface area contributed by atoms with Gasteiger partial charge in [-0.2, -0.15) is 0 Å². The van der Waals surface area contributed by atoms with Gasteiger partial charge in [0.15, 0.2) is 17.5 Å². The summed E-state index contributed by atoms with van der Waals surface area (Å²) in [5.41, 5.74) is 7.93. The summed E-state index contributed by atoms with van der Waals surface area (Å²) in [6, 6.07) is 63.2. The molecule has 4 aromatic heterocycles. The van der Waals surface area contributed by atoms with E-state index in [2.05, 4.69) is 115 Å². The van der Waals surface area contributed by atoms with E-state index in [-0.39, 0.29) is 0 Å². The number of fused-ring (bicyclic) bond motifs is 9. The Morgan fingerprint density at radius 3 is 1.51 bits per heavy atom. The first-order valence-corrected chi connectivity index (χ1v) is 21.4. The van der Waals surface area contributed by atoms with E-state index in [0.29, 0.717) is 17.5 Å². The minimum atomic E-state index is 0.665. The van der Waals surface area contributed by atoms with Crippen molar-refractivity contribution in [2.24, 2.45) is 0 Å². The van der Waals surface area contributed by atoms with Crippen molar-refractivity contribution < 1.29 is 0 Å². The zero-order chi connectivity index (χ0) is 37.5. The van der Waals surface area contributed by atoms with Crippen LogP contribution in [0.15, 0.2) is 176 Å². The van der Waals surface area contributed by atoms with Crippen LogP contribution in [0.25, 0.3) is 117 Å². The summed E-state index contributed by atoms with van der Waals surface area (Å²) in [6.45, 7) is 0. The van der Waals surface area contributed by atoms with Crippen molar-refractivity contribution in [1.82, 2.24) is 15.0 Å². The fourth-order valence-electron chi connectivity index (χ4n) is 8.23. The highest BCUT2D eigenvalue weighted by atomic mass is 32.1. The van der Waals surface area contributed by atoms with Crippen molar-refractivity contribution in [2.75, 3.05) is 0 Å². The lowest BCUT2D eigenvalue weighted by atomic mass is 9.93. The van der Waals surface area contributed by atoms with Gasteiger partial charge >= 0.3 is 0 Å². The van der Waals surface area contributed by atoms with Gasteiger partial charge in [-0.15, -0.1) is 34.0 Å². The maximum absolute atomic E-state index is 5.01. The van der Waals surface area contributed by atoms with Gasteiger partial charge in [0, 0.05) is 82.8 Å². The van der Waals surface area contributed by atoms with E-state index in [9.17, 15) is 0 Å². The summed E-state index contributed by atoms with van der Waals surface area (Å²) in [4.78, 5) is 14.9. The van der Waals surface area contributed by atoms with E-state index >= 15 is 0 Å². The predicted molar refractivity (Wildman–Crippen MR) is 246 cm³/mol. The monoisotopic (exact) mass is 779 g/mol. The zero-order valence-electron chi connectivity index (χ0n) is 30.3. The molecule has 0 saturated carbocycles. The number of hydrogen-bond acceptors (Lipinski definition) is 6. The normalized spacial score (nSPS) is 11.9. The standard InChI is InChI=1S/C51H29N3S3/c1-3-12-30(13-4-1)49-52-50(31-14-5-2-6-15-31)54-51(53-49)33-23-25-37-36-24-22-32(28-45(36)56-46(37)29-33)34-26-40-35-16-7-9-19-42(35)57-48(40)41(27-34)38-18-11-21-44-47(38)39-17-8-10-20-43(39)55-44/h1-29H. The minimum absolute atomic E-state index is 0.665. The molecule has 0 amide bonds. The Morgan fingerprint density at radius 2 is 0.807 bits per heavy atom. The smallest absolute Gasteiger partial charge is 0.164 e. The lowest BCUT2D eigenvalue weighted by Crippen LogP contribution is -1.99. The first kappa shape index (κ1) is 32.7. The molecule has 6 heteroatoms. The van der Waals surface area contributed by atoms with Crippen LogP contribution in [-0.4, -0.2) is 15.0 Å². The first-order valence-electron chi connectivity index (χ1n) is 18.9. The molecular formula is C51H29N3S3. The molecular weight excluding hydrogens is 751 g/mol. The Morgan fingerprint density at radius 1 is 0.281 bits per heavy atom. The summed E-state index contributed by atoms with van der Waals surface area (Å²) >= 11 is 5.60. The Bertz CT molecular complexity index is 3470. The third kappa shape index (κ3) is 5.41. The first-order chi connectivity index (χ1) is 28.2. The van der Waals surface area contributed by atoms with Crippen molar-refractivity contribution in [3.63, 3.8) is 0 Å². The van der Waals surface area contributed by atoms with Gasteiger partial charge in [-0.1, -0.05) is 133 Å². The second kappa shape index (κ2) is 13.0. The fourth-order valence-corrected chi connectivity index (χ4v) is 11.8. The summed E-state index contributed by atoms with van der Waals surface area (Å²) in [7, 11) is 0. The fraction of sp³-hybridized carbons (Fsp3) is 0. The van der Waals surface area contributed by atoms with E-state index in [0.717, 1.165) is 16.7 Å². The molecule has 0 spiro atoms. The molecule has 0 bridgehead atoms. The highest BCUT2D eigenvalue weighted by Gasteiger charge is 2.19. The molecule has 0 atom stereocenters. The Balaban J connectivity index is 1.01. The minimum Gasteiger partial charge on any atom is -0.208 e. The molecule has 0 aliphatic rings. The molecule has 0 aliphatic heterocycles. The molecule has 0 aliphatic carbocycles. The maximum Gasteiger partial charge on any atom is 0.164 e. The van der Waals surface area contributed by atoms with Crippen LogP contribution in [0.3, 0.4) is 0 Å². The van der Waals surface area contributed by atoms with Gasteiger partial charge in [0.05, 0.1) is 0 Å². The van der Waals surface area contributed by atoms with Gasteiger partial charge in [0.25, 0.3) is 0 Å². The van der Waals surface area contributed by atoms with Crippen LogP contribution in [0.1, 0.15) is 0 Å². The third-order valence-electron chi connectivity index (χ3n) is 10.9. The number of aromatic nitrogens is 3. The van der Waals surface area contributed by atoms with Crippen LogP contribution in [0.5, 0.6) is 0 Å². The lowest BCUT2D eigenvalue weighted by molar-refractivity contribution is 1.07. The highest BCUT2D eigenvalue weighted by molar-refractivity contribution is 7.27. The number of thiophene rings is 3. The molecule has 0 radical (unpaired) electrons. The van der Waals surface area contributed by atoms with Crippen LogP contribution in [-0.2, 0) is 0 Å². The van der Waals surface area contributed by atoms with Crippen LogP contribution >= 0.6 is 34.0 Å². The molecule has 0 fully saturated rings. The predicted octanol–water partition coefficient (Wildman–Crippen LogP) is 15.3. The molecule has 0 N–H and O–H groups in total. The van der Waals surface area contributed by atoms with Crippen molar-refractivity contribution >= 4 is 94.5 Å². The summed E-state index contributed by atoms with van der Waals surface area (Å²) in [5.74, 6) is 2.00. The molecule has 0 saturated heterocycles. The highest BCUT2D eigenvalue weighted by Crippen LogP contribution is 2.47. The molecule has 12 aromatic rings. The van der Waals surface area contributed by atoms with Gasteiger partial charge < -0.3 is 0 Å². The average Bonchev–Trinajstić information content (AvgIpc) is 3.97. The average molecular weight is 780 g/mol. The van der Waals surface area contributed by atoms with Gasteiger partial charge in [-0.05, 0) is 59.2 Å². The van der Waals surface area contributed by atoms with Crippen molar-refractivity contribution in [3.05, 3.63) is 176 Å². The van der Waals surface area contributed by atoms with E-state index in [1.54, 1.807) is 0 Å². The van der Waals surface area contributed by atoms with E-state index < -0.39 is 0 Å². The zero-order valence-corrected chi connectivity index (χ0v) is 32.8. The largest absolute Gasteiger partial charge is 0.208 e. The maximum atomic E-state index is 5.01. The van der Waals surface area contributed by atoms with Gasteiger partial charge in [-0.3, -0.25) is 0 Å². The molecule has 3 nitrogen and oxygen atoms in total. The SMILES string of the molecule is c1ccc(-c2nc(-c3ccccc3)nc(-c3ccc4c(c3)sc3cc(-c5cc(-c6cccc7sc8ccccc8c67)c6sc7ccccc7c6c5)ccc34)n2)cc1. The second-order valence-electron chi connectivity index (χ2n) is 14.3. The van der Waals surface area contributed by atoms with Crippen molar-refractivity contribution in [1.29, 1.82) is 0 Å². The van der Waals surface area contributed by atoms with Crippen LogP contribution in [0.4, 0.5) is 0 Å². The Kier molecular flexibility index (Phi) is 7.45. The van der Waals surface area contributed by atoms with Crippen LogP contribution in [0.2, 0.25) is 0 Å². The number of nitrogens with zero attached hydrogens (tertiary/aromatic N) is 3. The Labute approximate surface area is 339 Å². The number of rotatable bonds is 5. The van der Waals surface area contributed by atoms with E-state index in [1.165, 1.54) is 82.8 Å². The lowest BCUT2D eigenvalue weighted by Gasteiger charge is -2.11. The van der Waals surface area contributed by atoms with Crippen LogP contribution in [0, 0.1) is 0 Å². The number of benzene rings is 8. The number of hydrogen-bond donors (Lipinski definition) is 0. The summed E-state index contributed by atoms with van der Waals surface area (Å²) < 4.78 is 7.76. The van der Waals surface area contributed by atoms with Gasteiger partial charge in [-0.25, -0.2) is 15.0 Å². The summed E-state index contributed by atoms with van der Waals surface area (Å²) in [6.07, 6.45) is 0. The molecule has 57 heavy (non-hydrogen) atoms. The van der Waals surface area contributed by atoms with Crippen molar-refractivity contribution in [3.8, 4) is 56.4 Å².